The normalized spacial score (nSPS) is 12.1. The van der Waals surface area contributed by atoms with Crippen LogP contribution < -0.4 is 5.32 Å². The summed E-state index contributed by atoms with van der Waals surface area (Å²) >= 11 is 0. The topological polar surface area (TPSA) is 15.3 Å². The molecule has 2 heteroatoms. The molecule has 0 heterocycles. The zero-order valence-electron chi connectivity index (χ0n) is 11.0. The van der Waals surface area contributed by atoms with Gasteiger partial charge in [-0.05, 0) is 38.4 Å². The molecule has 2 nitrogen and oxygen atoms in total. The van der Waals surface area contributed by atoms with Crippen molar-refractivity contribution in [3.05, 3.63) is 12.7 Å². The fourth-order valence-electron chi connectivity index (χ4n) is 1.83. The van der Waals surface area contributed by atoms with E-state index < -0.39 is 0 Å². The van der Waals surface area contributed by atoms with Crippen LogP contribution in [0.3, 0.4) is 0 Å². The Balaban J connectivity index is 3.71. The molecule has 0 fully saturated rings. The fraction of sp³-hybridized carbons (Fsp3) is 0.846. The van der Waals surface area contributed by atoms with Gasteiger partial charge in [0.05, 0.1) is 0 Å². The van der Waals surface area contributed by atoms with Crippen LogP contribution in [0.2, 0.25) is 0 Å². The number of rotatable bonds is 9. The molecule has 0 saturated heterocycles. The van der Waals surface area contributed by atoms with E-state index >= 15 is 0 Å². The Morgan fingerprint density at radius 3 is 2.60 bits per heavy atom. The van der Waals surface area contributed by atoms with Gasteiger partial charge in [-0.15, -0.1) is 6.58 Å². The molecule has 0 spiro atoms. The third kappa shape index (κ3) is 8.64. The number of nitrogens with one attached hydrogen (secondary N) is 1. The second-order valence-electron chi connectivity index (χ2n) is 5.11. The molecule has 0 amide bonds. The van der Waals surface area contributed by atoms with Crippen molar-refractivity contribution < 1.29 is 0 Å². The molecule has 0 atom stereocenters. The summed E-state index contributed by atoms with van der Waals surface area (Å²) in [5, 5.41) is 3.42. The molecule has 0 saturated carbocycles. The van der Waals surface area contributed by atoms with E-state index in [1.165, 1.54) is 13.0 Å². The Bertz CT molecular complexity index is 164. The van der Waals surface area contributed by atoms with Gasteiger partial charge in [-0.2, -0.15) is 0 Å². The van der Waals surface area contributed by atoms with Crippen molar-refractivity contribution in [1.29, 1.82) is 0 Å². The lowest BCUT2D eigenvalue weighted by Gasteiger charge is -2.30. The van der Waals surface area contributed by atoms with E-state index in [1.807, 2.05) is 6.08 Å². The summed E-state index contributed by atoms with van der Waals surface area (Å²) in [6, 6.07) is 0. The van der Waals surface area contributed by atoms with Crippen molar-refractivity contribution >= 4 is 0 Å². The first-order valence-electron chi connectivity index (χ1n) is 6.02. The average molecular weight is 212 g/mol. The Hall–Kier alpha value is -0.340. The molecule has 0 aromatic rings. The van der Waals surface area contributed by atoms with Crippen LogP contribution in [0.15, 0.2) is 12.7 Å². The summed E-state index contributed by atoms with van der Waals surface area (Å²) in [4.78, 5) is 2.42. The lowest BCUT2D eigenvalue weighted by atomic mass is 9.92. The lowest BCUT2D eigenvalue weighted by Crippen LogP contribution is -2.39. The third-order valence-corrected chi connectivity index (χ3v) is 2.50. The van der Waals surface area contributed by atoms with E-state index in [2.05, 4.69) is 44.6 Å². The van der Waals surface area contributed by atoms with E-state index in [4.69, 9.17) is 0 Å². The summed E-state index contributed by atoms with van der Waals surface area (Å²) in [5.41, 5.74) is 0.360. The van der Waals surface area contributed by atoms with Crippen LogP contribution in [-0.4, -0.2) is 38.1 Å². The number of nitrogens with zero attached hydrogens (tertiary/aromatic N) is 1. The monoisotopic (exact) mass is 212 g/mol. The van der Waals surface area contributed by atoms with E-state index in [0.29, 0.717) is 5.41 Å². The lowest BCUT2D eigenvalue weighted by molar-refractivity contribution is 0.204. The van der Waals surface area contributed by atoms with Crippen molar-refractivity contribution in [2.75, 3.05) is 33.2 Å². The van der Waals surface area contributed by atoms with Gasteiger partial charge in [0.1, 0.15) is 0 Å². The smallest absolute Gasteiger partial charge is 0.00418 e. The Morgan fingerprint density at radius 1 is 1.40 bits per heavy atom. The Kier molecular flexibility index (Phi) is 7.71. The molecular weight excluding hydrogens is 184 g/mol. The maximum Gasteiger partial charge on any atom is 0.00418 e. The van der Waals surface area contributed by atoms with Gasteiger partial charge in [-0.3, -0.25) is 0 Å². The highest BCUT2D eigenvalue weighted by molar-refractivity contribution is 4.75. The van der Waals surface area contributed by atoms with Crippen LogP contribution in [0.25, 0.3) is 0 Å². The van der Waals surface area contributed by atoms with Gasteiger partial charge in [0.25, 0.3) is 0 Å². The van der Waals surface area contributed by atoms with Gasteiger partial charge in [0.15, 0.2) is 0 Å². The van der Waals surface area contributed by atoms with E-state index in [9.17, 15) is 0 Å². The summed E-state index contributed by atoms with van der Waals surface area (Å²) in [6.07, 6.45) is 4.34. The molecule has 90 valence electrons. The molecule has 0 unspecified atom stereocenters. The van der Waals surface area contributed by atoms with Crippen LogP contribution in [0.1, 0.15) is 33.6 Å². The quantitative estimate of drug-likeness (QED) is 0.467. The predicted molar refractivity (Wildman–Crippen MR) is 69.3 cm³/mol. The van der Waals surface area contributed by atoms with Gasteiger partial charge in [-0.25, -0.2) is 0 Å². The van der Waals surface area contributed by atoms with Gasteiger partial charge < -0.3 is 10.2 Å². The highest BCUT2D eigenvalue weighted by Gasteiger charge is 2.18. The molecule has 0 aliphatic rings. The summed E-state index contributed by atoms with van der Waals surface area (Å²) in [5.74, 6) is 0. The van der Waals surface area contributed by atoms with E-state index in [1.54, 1.807) is 0 Å². The number of allylic oxidation sites excluding steroid dienone is 1. The molecule has 0 bridgehead atoms. The van der Waals surface area contributed by atoms with Crippen molar-refractivity contribution in [3.8, 4) is 0 Å². The van der Waals surface area contributed by atoms with Crippen molar-refractivity contribution in [2.24, 2.45) is 5.41 Å². The Morgan fingerprint density at radius 2 is 2.07 bits per heavy atom. The molecule has 15 heavy (non-hydrogen) atoms. The van der Waals surface area contributed by atoms with Crippen LogP contribution in [-0.2, 0) is 0 Å². The zero-order valence-corrected chi connectivity index (χ0v) is 11.0. The van der Waals surface area contributed by atoms with Crippen LogP contribution >= 0.6 is 0 Å². The van der Waals surface area contributed by atoms with Crippen LogP contribution in [0.5, 0.6) is 0 Å². The second-order valence-corrected chi connectivity index (χ2v) is 5.11. The molecular formula is C13H28N2. The molecule has 0 aliphatic carbocycles. The molecule has 0 rings (SSSR count). The highest BCUT2D eigenvalue weighted by Crippen LogP contribution is 2.15. The van der Waals surface area contributed by atoms with Gasteiger partial charge in [0.2, 0.25) is 0 Å². The van der Waals surface area contributed by atoms with E-state index in [0.717, 1.165) is 26.1 Å². The van der Waals surface area contributed by atoms with Crippen molar-refractivity contribution in [2.45, 2.75) is 33.6 Å². The third-order valence-electron chi connectivity index (χ3n) is 2.50. The second kappa shape index (κ2) is 7.89. The SMILES string of the molecule is C=CCCCN(C)CC(C)(C)CNCC. The molecule has 0 radical (unpaired) electrons. The minimum atomic E-state index is 0.360. The molecule has 0 aliphatic heterocycles. The highest BCUT2D eigenvalue weighted by atomic mass is 15.1. The summed E-state index contributed by atoms with van der Waals surface area (Å²) in [6.45, 7) is 15.0. The fourth-order valence-corrected chi connectivity index (χ4v) is 1.83. The predicted octanol–water partition coefficient (Wildman–Crippen LogP) is 2.52. The van der Waals surface area contributed by atoms with E-state index in [-0.39, 0.29) is 0 Å². The summed E-state index contributed by atoms with van der Waals surface area (Å²) in [7, 11) is 2.21. The standard InChI is InChI=1S/C13H28N2/c1-6-8-9-10-15(5)12-13(3,4)11-14-7-2/h6,14H,1,7-12H2,2-5H3. The van der Waals surface area contributed by atoms with Crippen LogP contribution in [0.4, 0.5) is 0 Å². The first-order chi connectivity index (χ1) is 7.02. The average Bonchev–Trinajstić information content (AvgIpc) is 2.14. The number of unbranched alkanes of at least 4 members (excludes halogenated alkanes) is 1. The largest absolute Gasteiger partial charge is 0.316 e. The molecule has 0 aromatic heterocycles. The first kappa shape index (κ1) is 14.7. The molecule has 1 N–H and O–H groups in total. The minimum Gasteiger partial charge on any atom is -0.316 e. The Labute approximate surface area is 95.7 Å². The van der Waals surface area contributed by atoms with Crippen LogP contribution in [0, 0.1) is 5.41 Å². The minimum absolute atomic E-state index is 0.360. The molecule has 0 aromatic carbocycles. The first-order valence-corrected chi connectivity index (χ1v) is 6.02. The van der Waals surface area contributed by atoms with Gasteiger partial charge in [-0.1, -0.05) is 26.8 Å². The van der Waals surface area contributed by atoms with Gasteiger partial charge >= 0.3 is 0 Å². The number of hydrogen-bond donors (Lipinski definition) is 1. The maximum absolute atomic E-state index is 3.74. The maximum atomic E-state index is 3.74. The summed E-state index contributed by atoms with van der Waals surface area (Å²) < 4.78 is 0. The zero-order chi connectivity index (χ0) is 11.7. The number of hydrogen-bond acceptors (Lipinski definition) is 2. The van der Waals surface area contributed by atoms with Crippen molar-refractivity contribution in [3.63, 3.8) is 0 Å². The van der Waals surface area contributed by atoms with Crippen molar-refractivity contribution in [1.82, 2.24) is 10.2 Å². The van der Waals surface area contributed by atoms with Gasteiger partial charge in [0, 0.05) is 13.1 Å².